The van der Waals surface area contributed by atoms with Crippen LogP contribution in [0.2, 0.25) is 0 Å². The van der Waals surface area contributed by atoms with Crippen molar-refractivity contribution in [1.82, 2.24) is 25.2 Å². The first-order valence-electron chi connectivity index (χ1n) is 14.1. The van der Waals surface area contributed by atoms with Crippen LogP contribution in [-0.2, 0) is 22.1 Å². The number of carbonyl (C=O) groups excluding carboxylic acids is 1. The van der Waals surface area contributed by atoms with E-state index in [0.717, 1.165) is 75.1 Å². The minimum Gasteiger partial charge on any atom is -0.381 e. The lowest BCUT2D eigenvalue weighted by Gasteiger charge is -2.31. The Kier molecular flexibility index (Phi) is 7.78. The number of alkyl halides is 3. The summed E-state index contributed by atoms with van der Waals surface area (Å²) in [7, 11) is 0. The molecule has 1 aliphatic carbocycles. The predicted molar refractivity (Wildman–Crippen MR) is 144 cm³/mol. The maximum Gasteiger partial charge on any atom is 0.416 e. The van der Waals surface area contributed by atoms with Crippen molar-refractivity contribution in [3.8, 4) is 0 Å². The van der Waals surface area contributed by atoms with Gasteiger partial charge in [0, 0.05) is 50.0 Å². The molecule has 1 amide bonds. The Morgan fingerprint density at radius 2 is 1.90 bits per heavy atom. The van der Waals surface area contributed by atoms with Gasteiger partial charge in [0.15, 0.2) is 0 Å². The number of likely N-dealkylation sites (tertiary alicyclic amines) is 1. The van der Waals surface area contributed by atoms with Gasteiger partial charge in [0.1, 0.15) is 12.1 Å². The molecule has 2 unspecified atom stereocenters. The SMILES string of the molecule is O=C(CNc1ncnc2ccc(C(F)(F)F)cc12)NC1CN(C2CCOCC2)C[C@@H]1CC1CCc2cc(F)ncc21. The van der Waals surface area contributed by atoms with Crippen LogP contribution in [0.15, 0.2) is 36.8 Å². The first-order chi connectivity index (χ1) is 19.7. The highest BCUT2D eigenvalue weighted by Gasteiger charge is 2.39. The van der Waals surface area contributed by atoms with E-state index < -0.39 is 17.7 Å². The Labute approximate surface area is 234 Å². The van der Waals surface area contributed by atoms with Gasteiger partial charge in [-0.3, -0.25) is 9.69 Å². The van der Waals surface area contributed by atoms with E-state index in [1.54, 1.807) is 6.20 Å². The fourth-order valence-electron chi connectivity index (χ4n) is 6.61. The number of aromatic nitrogens is 3. The number of halogens is 4. The van der Waals surface area contributed by atoms with Crippen molar-refractivity contribution < 1.29 is 27.1 Å². The minimum atomic E-state index is -4.50. The van der Waals surface area contributed by atoms with Crippen LogP contribution in [0.5, 0.6) is 0 Å². The molecule has 0 spiro atoms. The number of fused-ring (bicyclic) bond motifs is 2. The lowest BCUT2D eigenvalue weighted by Crippen LogP contribution is -2.44. The van der Waals surface area contributed by atoms with Crippen LogP contribution in [0, 0.1) is 11.9 Å². The summed E-state index contributed by atoms with van der Waals surface area (Å²) >= 11 is 0. The van der Waals surface area contributed by atoms with Gasteiger partial charge in [-0.05, 0) is 79.3 Å². The molecule has 2 saturated heterocycles. The van der Waals surface area contributed by atoms with Crippen molar-refractivity contribution >= 4 is 22.6 Å². The van der Waals surface area contributed by atoms with Crippen molar-refractivity contribution in [1.29, 1.82) is 0 Å². The number of nitrogens with zero attached hydrogens (tertiary/aromatic N) is 4. The Morgan fingerprint density at radius 1 is 1.07 bits per heavy atom. The maximum absolute atomic E-state index is 13.7. The van der Waals surface area contributed by atoms with Crippen LogP contribution in [0.4, 0.5) is 23.4 Å². The van der Waals surface area contributed by atoms with Gasteiger partial charge in [-0.25, -0.2) is 15.0 Å². The fourth-order valence-corrected chi connectivity index (χ4v) is 6.61. The van der Waals surface area contributed by atoms with Gasteiger partial charge in [-0.2, -0.15) is 17.6 Å². The zero-order valence-electron chi connectivity index (χ0n) is 22.5. The third-order valence-corrected chi connectivity index (χ3v) is 8.68. The Hall–Kier alpha value is -3.38. The summed E-state index contributed by atoms with van der Waals surface area (Å²) in [5, 5.41) is 6.30. The van der Waals surface area contributed by atoms with E-state index >= 15 is 0 Å². The number of hydrogen-bond acceptors (Lipinski definition) is 7. The van der Waals surface area contributed by atoms with Crippen molar-refractivity contribution in [3.63, 3.8) is 0 Å². The smallest absolute Gasteiger partial charge is 0.381 e. The lowest BCUT2D eigenvalue weighted by atomic mass is 9.88. The molecule has 3 atom stereocenters. The van der Waals surface area contributed by atoms with Gasteiger partial charge in [0.2, 0.25) is 11.9 Å². The third-order valence-electron chi connectivity index (χ3n) is 8.68. The predicted octanol–water partition coefficient (Wildman–Crippen LogP) is 4.31. The molecule has 41 heavy (non-hydrogen) atoms. The normalized spacial score (nSPS) is 23.6. The number of amides is 1. The Morgan fingerprint density at radius 3 is 2.71 bits per heavy atom. The minimum absolute atomic E-state index is 0.0939. The number of nitrogens with one attached hydrogen (secondary N) is 2. The zero-order valence-corrected chi connectivity index (χ0v) is 22.5. The van der Waals surface area contributed by atoms with Crippen LogP contribution in [0.3, 0.4) is 0 Å². The third kappa shape index (κ3) is 6.13. The number of hydrogen-bond donors (Lipinski definition) is 2. The molecular formula is C29H32F4N6O2. The summed E-state index contributed by atoms with van der Waals surface area (Å²) in [5.41, 5.74) is 1.65. The molecule has 0 saturated carbocycles. The van der Waals surface area contributed by atoms with E-state index in [0.29, 0.717) is 18.1 Å². The summed E-state index contributed by atoms with van der Waals surface area (Å²) < 4.78 is 59.1. The summed E-state index contributed by atoms with van der Waals surface area (Å²) in [6.07, 6.45) is 2.91. The zero-order chi connectivity index (χ0) is 28.6. The van der Waals surface area contributed by atoms with Crippen LogP contribution in [0.1, 0.15) is 48.3 Å². The molecule has 3 aromatic rings. The molecule has 0 radical (unpaired) electrons. The molecule has 0 bridgehead atoms. The number of anilines is 1. The van der Waals surface area contributed by atoms with Gasteiger partial charge < -0.3 is 15.4 Å². The highest BCUT2D eigenvalue weighted by molar-refractivity contribution is 5.91. The molecule has 6 rings (SSSR count). The molecule has 2 fully saturated rings. The van der Waals surface area contributed by atoms with E-state index in [1.807, 2.05) is 0 Å². The number of pyridine rings is 1. The molecular weight excluding hydrogens is 540 g/mol. The Balaban J connectivity index is 1.15. The number of aryl methyl sites for hydroxylation is 1. The molecule has 12 heteroatoms. The molecule has 4 heterocycles. The highest BCUT2D eigenvalue weighted by atomic mass is 19.4. The van der Waals surface area contributed by atoms with E-state index in [2.05, 4.69) is 30.5 Å². The van der Waals surface area contributed by atoms with Crippen LogP contribution in [0.25, 0.3) is 10.9 Å². The second-order valence-electron chi connectivity index (χ2n) is 11.2. The van der Waals surface area contributed by atoms with E-state index in [4.69, 9.17) is 4.74 Å². The molecule has 1 aromatic carbocycles. The topological polar surface area (TPSA) is 92.3 Å². The largest absolute Gasteiger partial charge is 0.416 e. The monoisotopic (exact) mass is 572 g/mol. The number of ether oxygens (including phenoxy) is 1. The van der Waals surface area contributed by atoms with Gasteiger partial charge in [-0.1, -0.05) is 0 Å². The number of carbonyl (C=O) groups is 1. The standard InChI is InChI=1S/C29H32F4N6O2/c30-26-10-18-2-1-17(23(18)12-34-26)9-19-14-39(21-5-7-41-8-6-21)15-25(19)38-27(40)13-35-28-22-11-20(29(31,32)33)3-4-24(22)36-16-37-28/h3-4,10-12,16-17,19,21,25H,1-2,5-9,13-15H2,(H,38,40)(H,35,36,37)/t17?,19-,25?/m0/s1. The number of rotatable bonds is 7. The highest BCUT2D eigenvalue weighted by Crippen LogP contribution is 2.40. The maximum atomic E-state index is 13.7. The van der Waals surface area contributed by atoms with Crippen molar-refractivity contribution in [2.45, 2.75) is 56.3 Å². The molecule has 218 valence electrons. The Bertz CT molecular complexity index is 1410. The fraction of sp³-hybridized carbons (Fsp3) is 0.517. The molecule has 8 nitrogen and oxygen atoms in total. The van der Waals surface area contributed by atoms with Gasteiger partial charge in [-0.15, -0.1) is 0 Å². The number of benzene rings is 1. The average molecular weight is 573 g/mol. The summed E-state index contributed by atoms with van der Waals surface area (Å²) in [6.45, 7) is 2.87. The van der Waals surface area contributed by atoms with E-state index in [1.165, 1.54) is 18.5 Å². The molecule has 2 aliphatic heterocycles. The summed E-state index contributed by atoms with van der Waals surface area (Å²) in [4.78, 5) is 27.6. The summed E-state index contributed by atoms with van der Waals surface area (Å²) in [6, 6.07) is 5.10. The van der Waals surface area contributed by atoms with Gasteiger partial charge >= 0.3 is 6.18 Å². The van der Waals surface area contributed by atoms with E-state index in [-0.39, 0.29) is 41.5 Å². The second kappa shape index (κ2) is 11.5. The van der Waals surface area contributed by atoms with Gasteiger partial charge in [0.05, 0.1) is 17.6 Å². The van der Waals surface area contributed by atoms with Crippen molar-refractivity contribution in [2.24, 2.45) is 5.92 Å². The summed E-state index contributed by atoms with van der Waals surface area (Å²) in [5.74, 6) is -0.101. The van der Waals surface area contributed by atoms with Crippen LogP contribution < -0.4 is 10.6 Å². The van der Waals surface area contributed by atoms with Crippen molar-refractivity contribution in [2.75, 3.05) is 38.2 Å². The van der Waals surface area contributed by atoms with Crippen LogP contribution >= 0.6 is 0 Å². The molecule has 2 N–H and O–H groups in total. The van der Waals surface area contributed by atoms with E-state index in [9.17, 15) is 22.4 Å². The van der Waals surface area contributed by atoms with Gasteiger partial charge in [0.25, 0.3) is 0 Å². The first-order valence-corrected chi connectivity index (χ1v) is 14.1. The van der Waals surface area contributed by atoms with Crippen LogP contribution in [-0.4, -0.2) is 70.7 Å². The second-order valence-corrected chi connectivity index (χ2v) is 11.2. The van der Waals surface area contributed by atoms with Crippen molar-refractivity contribution in [3.05, 3.63) is 59.4 Å². The quantitative estimate of drug-likeness (QED) is 0.322. The molecule has 2 aromatic heterocycles. The molecule has 3 aliphatic rings. The average Bonchev–Trinajstić information content (AvgIpc) is 3.55. The first kappa shape index (κ1) is 27.8. The lowest BCUT2D eigenvalue weighted by molar-refractivity contribution is -0.137.